The summed E-state index contributed by atoms with van der Waals surface area (Å²) in [5.41, 5.74) is -5.86. The molecule has 2 aliphatic carbocycles. The Morgan fingerprint density at radius 1 is 0.783 bits per heavy atom. The van der Waals surface area contributed by atoms with Gasteiger partial charge in [-0.25, -0.2) is 14.4 Å². The van der Waals surface area contributed by atoms with Crippen LogP contribution >= 0.6 is 11.8 Å². The van der Waals surface area contributed by atoms with E-state index in [4.69, 9.17) is 23.4 Å². The van der Waals surface area contributed by atoms with Crippen molar-refractivity contribution in [3.63, 3.8) is 0 Å². The van der Waals surface area contributed by atoms with Gasteiger partial charge in [-0.15, -0.1) is 11.8 Å². The van der Waals surface area contributed by atoms with Gasteiger partial charge in [-0.1, -0.05) is 27.7 Å². The van der Waals surface area contributed by atoms with Crippen molar-refractivity contribution >= 4 is 46.6 Å². The van der Waals surface area contributed by atoms with Crippen molar-refractivity contribution in [2.75, 3.05) is 0 Å². The van der Waals surface area contributed by atoms with E-state index in [0.29, 0.717) is 40.7 Å². The third kappa shape index (κ3) is 3.42. The summed E-state index contributed by atoms with van der Waals surface area (Å²) < 4.78 is 29.5. The van der Waals surface area contributed by atoms with Gasteiger partial charge in [-0.3, -0.25) is 9.59 Å². The number of esters is 4. The minimum absolute atomic E-state index is 0.222. The van der Waals surface area contributed by atoms with Crippen molar-refractivity contribution in [2.24, 2.45) is 21.7 Å². The number of thioether (sulfide) groups is 1. The van der Waals surface area contributed by atoms with E-state index in [0.717, 1.165) is 0 Å². The molecule has 0 N–H and O–H groups in total. The summed E-state index contributed by atoms with van der Waals surface area (Å²) in [7, 11) is 0. The average Bonchev–Trinajstić information content (AvgIpc) is 3.42. The Kier molecular flexibility index (Phi) is 6.09. The number of carbonyl (C=O) groups is 4. The molecule has 7 rings (SSSR count). The molecule has 3 aliphatic heterocycles. The molecule has 4 fully saturated rings. The fourth-order valence-electron chi connectivity index (χ4n) is 8.75. The van der Waals surface area contributed by atoms with Crippen LogP contribution in [0, 0.1) is 28.6 Å². The van der Waals surface area contributed by atoms with Gasteiger partial charge in [0, 0.05) is 27.2 Å². The normalized spacial score (nSPS) is 37.5. The first kappa shape index (κ1) is 31.3. The number of benzene rings is 1. The van der Waals surface area contributed by atoms with E-state index in [1.165, 1.54) is 17.8 Å². The molecular weight excluding hydrogens is 612 g/mol. The lowest BCUT2D eigenvalue weighted by Crippen LogP contribution is -2.55. The summed E-state index contributed by atoms with van der Waals surface area (Å²) >= 11 is 1.40. The zero-order chi connectivity index (χ0) is 33.6. The molecule has 2 aromatic rings. The molecule has 1 aromatic heterocycles. The molecule has 0 radical (unpaired) electrons. The summed E-state index contributed by atoms with van der Waals surface area (Å²) in [6.07, 6.45) is -0.873. The lowest BCUT2D eigenvalue weighted by atomic mass is 9.66. The van der Waals surface area contributed by atoms with Crippen molar-refractivity contribution in [3.8, 4) is 0 Å². The molecule has 46 heavy (non-hydrogen) atoms. The third-order valence-electron chi connectivity index (χ3n) is 13.0. The molecule has 4 bridgehead atoms. The van der Waals surface area contributed by atoms with E-state index >= 15 is 0 Å². The Balaban J connectivity index is 1.37. The van der Waals surface area contributed by atoms with E-state index in [9.17, 15) is 24.0 Å². The van der Waals surface area contributed by atoms with E-state index in [-0.39, 0.29) is 12.0 Å². The van der Waals surface area contributed by atoms with Crippen LogP contribution in [-0.2, 0) is 38.1 Å². The Morgan fingerprint density at radius 3 is 1.78 bits per heavy atom. The quantitative estimate of drug-likeness (QED) is 0.228. The van der Waals surface area contributed by atoms with E-state index in [1.54, 1.807) is 6.92 Å². The Labute approximate surface area is 271 Å². The first-order chi connectivity index (χ1) is 21.2. The topological polar surface area (TPSA) is 135 Å². The van der Waals surface area contributed by atoms with E-state index < -0.39 is 79.3 Å². The molecule has 0 spiro atoms. The SMILES string of the molecule is Cc1cc(=O)oc2c3c(ccc12)SC(C)(C)[C@H](OC(=O)[C@]12CC[C@](C)(C(=O)O1)C2(C)C)[C@@H]3OC(=O)[C@]12CC[C@](C)(C(=O)O1)C2(C)C. The highest BCUT2D eigenvalue weighted by molar-refractivity contribution is 8.00. The molecular formula is C35H40O10S. The minimum Gasteiger partial charge on any atom is -0.454 e. The Morgan fingerprint density at radius 2 is 1.30 bits per heavy atom. The summed E-state index contributed by atoms with van der Waals surface area (Å²) in [4.78, 5) is 68.3. The lowest BCUT2D eigenvalue weighted by Gasteiger charge is -2.45. The monoisotopic (exact) mass is 652 g/mol. The van der Waals surface area contributed by atoms with Crippen molar-refractivity contribution in [3.05, 3.63) is 39.7 Å². The molecule has 0 unspecified atom stereocenters. The second-order valence-corrected chi connectivity index (χ2v) is 17.5. The lowest BCUT2D eigenvalue weighted by molar-refractivity contribution is -0.204. The zero-order valence-electron chi connectivity index (χ0n) is 27.7. The third-order valence-corrected chi connectivity index (χ3v) is 14.4. The van der Waals surface area contributed by atoms with Crippen LogP contribution in [0.1, 0.15) is 98.3 Å². The first-order valence-corrected chi connectivity index (χ1v) is 16.7. The minimum atomic E-state index is -1.56. The van der Waals surface area contributed by atoms with E-state index in [1.807, 2.05) is 67.5 Å². The summed E-state index contributed by atoms with van der Waals surface area (Å²) in [6.45, 7) is 16.5. The van der Waals surface area contributed by atoms with Gasteiger partial charge in [0.05, 0.1) is 21.1 Å². The van der Waals surface area contributed by atoms with Gasteiger partial charge in [-0.05, 0) is 78.0 Å². The summed E-state index contributed by atoms with van der Waals surface area (Å²) in [5.74, 6) is -2.36. The molecule has 10 nitrogen and oxygen atoms in total. The van der Waals surface area contributed by atoms with Gasteiger partial charge >= 0.3 is 29.5 Å². The Bertz CT molecular complexity index is 1840. The number of hydrogen-bond acceptors (Lipinski definition) is 11. The average molecular weight is 653 g/mol. The maximum Gasteiger partial charge on any atom is 0.351 e. The fraction of sp³-hybridized carbons (Fsp3) is 0.629. The van der Waals surface area contributed by atoms with Crippen LogP contribution in [0.5, 0.6) is 0 Å². The first-order valence-electron chi connectivity index (χ1n) is 15.8. The predicted molar refractivity (Wildman–Crippen MR) is 166 cm³/mol. The van der Waals surface area contributed by atoms with Gasteiger partial charge in [0.1, 0.15) is 5.58 Å². The van der Waals surface area contributed by atoms with Gasteiger partial charge in [0.15, 0.2) is 12.2 Å². The number of rotatable bonds is 4. The van der Waals surface area contributed by atoms with Crippen LogP contribution in [0.4, 0.5) is 0 Å². The zero-order valence-corrected chi connectivity index (χ0v) is 28.5. The van der Waals surface area contributed by atoms with Crippen LogP contribution < -0.4 is 5.63 Å². The van der Waals surface area contributed by atoms with Crippen LogP contribution in [0.25, 0.3) is 11.0 Å². The number of ether oxygens (including phenoxy) is 4. The Hall–Kier alpha value is -3.34. The number of hydrogen-bond donors (Lipinski definition) is 0. The molecule has 11 heteroatoms. The van der Waals surface area contributed by atoms with Crippen LogP contribution in [0.15, 0.2) is 32.3 Å². The van der Waals surface area contributed by atoms with Gasteiger partial charge < -0.3 is 23.4 Å². The second kappa shape index (κ2) is 8.96. The molecule has 2 saturated heterocycles. The van der Waals surface area contributed by atoms with Crippen LogP contribution in [-0.4, -0.2) is 45.9 Å². The summed E-state index contributed by atoms with van der Waals surface area (Å²) in [5, 5.41) is 0.639. The maximum atomic E-state index is 14.5. The molecule has 6 atom stereocenters. The maximum absolute atomic E-state index is 14.5. The number of aryl methyl sites for hydroxylation is 1. The molecule has 246 valence electrons. The van der Waals surface area contributed by atoms with Crippen molar-refractivity contribution < 1.29 is 42.5 Å². The van der Waals surface area contributed by atoms with Crippen LogP contribution in [0.3, 0.4) is 0 Å². The molecule has 1 aromatic carbocycles. The largest absolute Gasteiger partial charge is 0.454 e. The molecule has 0 amide bonds. The number of fused-ring (bicyclic) bond motifs is 7. The smallest absolute Gasteiger partial charge is 0.351 e. The summed E-state index contributed by atoms with van der Waals surface area (Å²) in [6, 6.07) is 5.12. The van der Waals surface area contributed by atoms with Gasteiger partial charge in [0.25, 0.3) is 0 Å². The van der Waals surface area contributed by atoms with Crippen LogP contribution in [0.2, 0.25) is 0 Å². The standard InChI is InChI=1S/C35H40O10S/c1-17-16-20(36)41-22-18(17)10-11-19-21(22)23(42-27(39)34-14-12-32(8,25(37)44-34)30(34,4)5)24(29(2,3)46-19)43-28(40)35-15-13-33(9,26(38)45-35)31(35,6)7/h10-11,16,23-24H,12-15H2,1-9H3/t23-,24-,32-,33-,34+,35+/m1/s1. The second-order valence-electron chi connectivity index (χ2n) is 15.8. The molecule has 2 saturated carbocycles. The van der Waals surface area contributed by atoms with Crippen molar-refractivity contribution in [2.45, 2.75) is 121 Å². The molecule has 5 aliphatic rings. The number of carbonyl (C=O) groups excluding carboxylic acids is 4. The fourth-order valence-corrected chi connectivity index (χ4v) is 10.1. The highest BCUT2D eigenvalue weighted by atomic mass is 32.2. The highest BCUT2D eigenvalue weighted by Crippen LogP contribution is 2.68. The van der Waals surface area contributed by atoms with Gasteiger partial charge in [-0.2, -0.15) is 0 Å². The molecule has 4 heterocycles. The highest BCUT2D eigenvalue weighted by Gasteiger charge is 2.78. The van der Waals surface area contributed by atoms with Crippen molar-refractivity contribution in [1.82, 2.24) is 0 Å². The van der Waals surface area contributed by atoms with Gasteiger partial charge in [0.2, 0.25) is 11.2 Å². The van der Waals surface area contributed by atoms with Crippen molar-refractivity contribution in [1.29, 1.82) is 0 Å². The predicted octanol–water partition coefficient (Wildman–Crippen LogP) is 5.73. The van der Waals surface area contributed by atoms with E-state index in [2.05, 4.69) is 0 Å².